The van der Waals surface area contributed by atoms with Gasteiger partial charge in [0.05, 0.1) is 0 Å². The van der Waals surface area contributed by atoms with Crippen LogP contribution in [0.2, 0.25) is 0 Å². The van der Waals surface area contributed by atoms with E-state index in [1.807, 2.05) is 19.3 Å². The highest BCUT2D eigenvalue weighted by Crippen LogP contribution is 2.25. The Bertz CT molecular complexity index is 403. The molecule has 1 aliphatic carbocycles. The third-order valence-corrected chi connectivity index (χ3v) is 4.73. The van der Waals surface area contributed by atoms with Gasteiger partial charge in [-0.2, -0.15) is 0 Å². The second kappa shape index (κ2) is 6.53. The van der Waals surface area contributed by atoms with Crippen LogP contribution < -0.4 is 5.32 Å². The number of nitrogens with one attached hydrogen (secondary N) is 1. The molecule has 1 aromatic heterocycles. The van der Waals surface area contributed by atoms with Crippen molar-refractivity contribution in [3.63, 3.8) is 0 Å². The molecule has 0 unspecified atom stereocenters. The molecular formula is C16H26N4. The summed E-state index contributed by atoms with van der Waals surface area (Å²) >= 11 is 0. The molecule has 2 aliphatic rings. The van der Waals surface area contributed by atoms with E-state index in [1.54, 1.807) is 0 Å². The first-order valence-corrected chi connectivity index (χ1v) is 8.10. The van der Waals surface area contributed by atoms with Gasteiger partial charge in [0, 0.05) is 37.6 Å². The lowest BCUT2D eigenvalue weighted by atomic mass is 9.92. The number of rotatable bonds is 3. The summed E-state index contributed by atoms with van der Waals surface area (Å²) in [5.41, 5.74) is 1.11. The normalized spacial score (nSPS) is 22.9. The Balaban J connectivity index is 1.47. The molecule has 20 heavy (non-hydrogen) atoms. The van der Waals surface area contributed by atoms with E-state index in [0.717, 1.165) is 17.6 Å². The molecule has 0 amide bonds. The third-order valence-electron chi connectivity index (χ3n) is 4.73. The summed E-state index contributed by atoms with van der Waals surface area (Å²) in [5, 5.41) is 3.48. The van der Waals surface area contributed by atoms with Crippen LogP contribution in [0.5, 0.6) is 0 Å². The molecule has 0 bridgehead atoms. The molecule has 2 heterocycles. The van der Waals surface area contributed by atoms with E-state index in [-0.39, 0.29) is 0 Å². The van der Waals surface area contributed by atoms with Gasteiger partial charge in [0.1, 0.15) is 0 Å². The van der Waals surface area contributed by atoms with Crippen LogP contribution in [0, 0.1) is 6.92 Å². The molecule has 110 valence electrons. The van der Waals surface area contributed by atoms with Crippen molar-refractivity contribution in [2.24, 2.45) is 0 Å². The zero-order chi connectivity index (χ0) is 13.8. The molecule has 1 aromatic rings. The van der Waals surface area contributed by atoms with Crippen LogP contribution in [0.4, 0.5) is 5.95 Å². The van der Waals surface area contributed by atoms with E-state index >= 15 is 0 Å². The topological polar surface area (TPSA) is 41.1 Å². The van der Waals surface area contributed by atoms with E-state index in [9.17, 15) is 0 Å². The number of likely N-dealkylation sites (tertiary alicyclic amines) is 1. The summed E-state index contributed by atoms with van der Waals surface area (Å²) < 4.78 is 0. The fourth-order valence-corrected chi connectivity index (χ4v) is 3.50. The van der Waals surface area contributed by atoms with E-state index < -0.39 is 0 Å². The Morgan fingerprint density at radius 3 is 2.30 bits per heavy atom. The second-order valence-electron chi connectivity index (χ2n) is 6.33. The molecule has 0 atom stereocenters. The highest BCUT2D eigenvalue weighted by molar-refractivity contribution is 5.26. The van der Waals surface area contributed by atoms with Gasteiger partial charge in [-0.05, 0) is 38.2 Å². The summed E-state index contributed by atoms with van der Waals surface area (Å²) in [6, 6.07) is 1.40. The van der Waals surface area contributed by atoms with E-state index in [0.29, 0.717) is 6.04 Å². The quantitative estimate of drug-likeness (QED) is 0.920. The predicted molar refractivity (Wildman–Crippen MR) is 81.9 cm³/mol. The van der Waals surface area contributed by atoms with Crippen molar-refractivity contribution < 1.29 is 0 Å². The number of hydrogen-bond donors (Lipinski definition) is 1. The maximum Gasteiger partial charge on any atom is 0.222 e. The third kappa shape index (κ3) is 3.48. The van der Waals surface area contributed by atoms with Crippen LogP contribution in [-0.2, 0) is 0 Å². The summed E-state index contributed by atoms with van der Waals surface area (Å²) in [5.74, 6) is 0.784. The average Bonchev–Trinajstić information content (AvgIpc) is 2.51. The second-order valence-corrected chi connectivity index (χ2v) is 6.33. The first kappa shape index (κ1) is 13.8. The van der Waals surface area contributed by atoms with Gasteiger partial charge >= 0.3 is 0 Å². The summed E-state index contributed by atoms with van der Waals surface area (Å²) in [6.07, 6.45) is 13.3. The van der Waals surface area contributed by atoms with Crippen molar-refractivity contribution in [2.75, 3.05) is 18.4 Å². The molecule has 4 heteroatoms. The van der Waals surface area contributed by atoms with E-state index in [2.05, 4.69) is 20.2 Å². The molecule has 0 spiro atoms. The first-order chi connectivity index (χ1) is 9.81. The standard InChI is InChI=1S/C16H26N4/c1-13-11-17-16(18-12-13)19-14-7-9-20(10-8-14)15-5-3-2-4-6-15/h11-12,14-15H,2-10H2,1H3,(H,17,18,19). The Kier molecular flexibility index (Phi) is 4.51. The molecular weight excluding hydrogens is 248 g/mol. The van der Waals surface area contributed by atoms with Crippen molar-refractivity contribution in [3.05, 3.63) is 18.0 Å². The Labute approximate surface area is 122 Å². The van der Waals surface area contributed by atoms with Crippen LogP contribution in [0.1, 0.15) is 50.5 Å². The number of piperidine rings is 1. The minimum atomic E-state index is 0.539. The zero-order valence-electron chi connectivity index (χ0n) is 12.5. The van der Waals surface area contributed by atoms with Crippen LogP contribution in [-0.4, -0.2) is 40.0 Å². The molecule has 1 N–H and O–H groups in total. The molecule has 1 saturated heterocycles. The van der Waals surface area contributed by atoms with Crippen molar-refractivity contribution in [1.29, 1.82) is 0 Å². The number of nitrogens with zero attached hydrogens (tertiary/aromatic N) is 3. The summed E-state index contributed by atoms with van der Waals surface area (Å²) in [7, 11) is 0. The van der Waals surface area contributed by atoms with Gasteiger partial charge in [-0.15, -0.1) is 0 Å². The van der Waals surface area contributed by atoms with Crippen LogP contribution >= 0.6 is 0 Å². The van der Waals surface area contributed by atoms with Crippen LogP contribution in [0.3, 0.4) is 0 Å². The largest absolute Gasteiger partial charge is 0.351 e. The summed E-state index contributed by atoms with van der Waals surface area (Å²) in [4.78, 5) is 11.4. The first-order valence-electron chi connectivity index (χ1n) is 8.10. The van der Waals surface area contributed by atoms with Crippen LogP contribution in [0.15, 0.2) is 12.4 Å². The van der Waals surface area contributed by atoms with Crippen molar-refractivity contribution >= 4 is 5.95 Å². The minimum absolute atomic E-state index is 0.539. The van der Waals surface area contributed by atoms with Gasteiger partial charge in [-0.3, -0.25) is 0 Å². The Hall–Kier alpha value is -1.16. The predicted octanol–water partition coefficient (Wildman–Crippen LogP) is 2.99. The maximum absolute atomic E-state index is 4.35. The lowest BCUT2D eigenvalue weighted by Gasteiger charge is -2.39. The van der Waals surface area contributed by atoms with E-state index in [4.69, 9.17) is 0 Å². The van der Waals surface area contributed by atoms with Gasteiger partial charge in [0.2, 0.25) is 5.95 Å². The van der Waals surface area contributed by atoms with E-state index in [1.165, 1.54) is 58.0 Å². The number of aryl methyl sites for hydroxylation is 1. The molecule has 1 aliphatic heterocycles. The average molecular weight is 274 g/mol. The smallest absolute Gasteiger partial charge is 0.222 e. The zero-order valence-corrected chi connectivity index (χ0v) is 12.5. The highest BCUT2D eigenvalue weighted by Gasteiger charge is 2.26. The van der Waals surface area contributed by atoms with Crippen molar-refractivity contribution in [3.8, 4) is 0 Å². The number of aromatic nitrogens is 2. The SMILES string of the molecule is Cc1cnc(NC2CCN(C3CCCCC3)CC2)nc1. The summed E-state index contributed by atoms with van der Waals surface area (Å²) in [6.45, 7) is 4.48. The Morgan fingerprint density at radius 2 is 1.65 bits per heavy atom. The molecule has 1 saturated carbocycles. The fourth-order valence-electron chi connectivity index (χ4n) is 3.50. The fraction of sp³-hybridized carbons (Fsp3) is 0.750. The van der Waals surface area contributed by atoms with Gasteiger partial charge in [-0.1, -0.05) is 19.3 Å². The molecule has 0 aromatic carbocycles. The van der Waals surface area contributed by atoms with Crippen molar-refractivity contribution in [1.82, 2.24) is 14.9 Å². The maximum atomic E-state index is 4.35. The number of hydrogen-bond acceptors (Lipinski definition) is 4. The molecule has 3 rings (SSSR count). The lowest BCUT2D eigenvalue weighted by molar-refractivity contribution is 0.126. The number of anilines is 1. The highest BCUT2D eigenvalue weighted by atomic mass is 15.2. The monoisotopic (exact) mass is 274 g/mol. The van der Waals surface area contributed by atoms with Gasteiger partial charge in [-0.25, -0.2) is 9.97 Å². The van der Waals surface area contributed by atoms with Gasteiger partial charge in [0.15, 0.2) is 0 Å². The van der Waals surface area contributed by atoms with Crippen LogP contribution in [0.25, 0.3) is 0 Å². The lowest BCUT2D eigenvalue weighted by Crippen LogP contribution is -2.45. The minimum Gasteiger partial charge on any atom is -0.351 e. The van der Waals surface area contributed by atoms with Gasteiger partial charge in [0.25, 0.3) is 0 Å². The van der Waals surface area contributed by atoms with Gasteiger partial charge < -0.3 is 10.2 Å². The Morgan fingerprint density at radius 1 is 1.00 bits per heavy atom. The molecule has 2 fully saturated rings. The molecule has 0 radical (unpaired) electrons. The molecule has 4 nitrogen and oxygen atoms in total. The van der Waals surface area contributed by atoms with Crippen molar-refractivity contribution in [2.45, 2.75) is 64.0 Å².